The lowest BCUT2D eigenvalue weighted by Crippen LogP contribution is -2.53. The lowest BCUT2D eigenvalue weighted by atomic mass is 9.72. The molecule has 1 aromatic carbocycles. The van der Waals surface area contributed by atoms with Gasteiger partial charge in [-0.2, -0.15) is 0 Å². The van der Waals surface area contributed by atoms with Gasteiger partial charge in [-0.25, -0.2) is 9.59 Å². The van der Waals surface area contributed by atoms with Gasteiger partial charge in [0.1, 0.15) is 17.4 Å². The summed E-state index contributed by atoms with van der Waals surface area (Å²) in [5.41, 5.74) is 0.682. The second kappa shape index (κ2) is 11.6. The number of esters is 1. The highest BCUT2D eigenvalue weighted by Gasteiger charge is 2.38. The fourth-order valence-electron chi connectivity index (χ4n) is 3.89. The third kappa shape index (κ3) is 6.90. The molecule has 0 spiro atoms. The van der Waals surface area contributed by atoms with Gasteiger partial charge in [-0.1, -0.05) is 18.6 Å². The Hall–Kier alpha value is -3.19. The van der Waals surface area contributed by atoms with Crippen LogP contribution >= 0.6 is 0 Å². The monoisotopic (exact) mass is 457 g/mol. The molecule has 33 heavy (non-hydrogen) atoms. The van der Waals surface area contributed by atoms with Crippen LogP contribution in [0, 0.1) is 12.3 Å². The molecule has 2 aliphatic rings. The Kier molecular flexibility index (Phi) is 8.61. The van der Waals surface area contributed by atoms with Gasteiger partial charge in [-0.15, -0.1) is 12.3 Å². The molecule has 1 amide bonds. The van der Waals surface area contributed by atoms with E-state index in [0.29, 0.717) is 5.56 Å². The summed E-state index contributed by atoms with van der Waals surface area (Å²) in [5, 5.41) is 13.0. The Morgan fingerprint density at radius 1 is 1.27 bits per heavy atom. The molecule has 1 unspecified atom stereocenters. The van der Waals surface area contributed by atoms with E-state index in [0.717, 1.165) is 32.1 Å². The maximum absolute atomic E-state index is 12.7. The van der Waals surface area contributed by atoms with Crippen LogP contribution in [0.3, 0.4) is 0 Å². The molecule has 0 radical (unpaired) electrons. The number of nitrogens with one attached hydrogen (secondary N) is 1. The van der Waals surface area contributed by atoms with Crippen LogP contribution in [0.1, 0.15) is 67.8 Å². The van der Waals surface area contributed by atoms with E-state index in [1.807, 2.05) is 0 Å². The largest absolute Gasteiger partial charge is 0.547 e. The Bertz CT molecular complexity index is 908. The zero-order chi connectivity index (χ0) is 23.8. The predicted molar refractivity (Wildman–Crippen MR) is 118 cm³/mol. The normalized spacial score (nSPS) is 18.7. The van der Waals surface area contributed by atoms with Gasteiger partial charge in [-0.3, -0.25) is 4.79 Å². The maximum Gasteiger partial charge on any atom is 0.547 e. The first-order valence-corrected chi connectivity index (χ1v) is 11.1. The molecule has 0 saturated heterocycles. The van der Waals surface area contributed by atoms with E-state index in [1.165, 1.54) is 13.0 Å². The third-order valence-corrected chi connectivity index (χ3v) is 5.53. The van der Waals surface area contributed by atoms with Crippen molar-refractivity contribution in [2.24, 2.45) is 0 Å². The molecule has 1 fully saturated rings. The van der Waals surface area contributed by atoms with E-state index in [1.54, 1.807) is 12.1 Å². The standard InChI is InChI=1S/C23H28BNO8/c1-3-4-13-20(26)25-19-14-16-9-8-12-18(21(16)33-24(19)29)22(27)30-15(2)31-23(28)32-17-10-6-5-7-11-17/h1,8-9,12,15,17,19,29H,4-7,10-11,13-14H2,2H3,(H,25,26)/t15?,19-/m0/s1. The summed E-state index contributed by atoms with van der Waals surface area (Å²) < 4.78 is 21.1. The van der Waals surface area contributed by atoms with Gasteiger partial charge in [-0.05, 0) is 43.7 Å². The maximum atomic E-state index is 12.7. The molecule has 1 heterocycles. The molecule has 176 valence electrons. The molecular weight excluding hydrogens is 429 g/mol. The van der Waals surface area contributed by atoms with Crippen LogP contribution in [0.25, 0.3) is 0 Å². The predicted octanol–water partition coefficient (Wildman–Crippen LogP) is 2.53. The van der Waals surface area contributed by atoms with Crippen molar-refractivity contribution in [2.75, 3.05) is 0 Å². The van der Waals surface area contributed by atoms with Crippen molar-refractivity contribution < 1.29 is 38.3 Å². The summed E-state index contributed by atoms with van der Waals surface area (Å²) in [6.45, 7) is 1.41. The Morgan fingerprint density at radius 3 is 2.76 bits per heavy atom. The van der Waals surface area contributed by atoms with Crippen molar-refractivity contribution in [1.29, 1.82) is 0 Å². The number of terminal acetylenes is 1. The minimum absolute atomic E-state index is 0.0692. The Labute approximate surface area is 193 Å². The molecule has 0 aromatic heterocycles. The van der Waals surface area contributed by atoms with Crippen LogP contribution < -0.4 is 9.97 Å². The van der Waals surface area contributed by atoms with E-state index in [4.69, 9.17) is 25.3 Å². The van der Waals surface area contributed by atoms with Crippen LogP contribution in [0.2, 0.25) is 0 Å². The average Bonchev–Trinajstić information content (AvgIpc) is 2.78. The second-order valence-electron chi connectivity index (χ2n) is 8.10. The van der Waals surface area contributed by atoms with E-state index >= 15 is 0 Å². The number of carbonyl (C=O) groups is 3. The van der Waals surface area contributed by atoms with E-state index in [9.17, 15) is 19.4 Å². The van der Waals surface area contributed by atoms with E-state index in [2.05, 4.69) is 11.2 Å². The van der Waals surface area contributed by atoms with Crippen molar-refractivity contribution in [3.8, 4) is 18.1 Å². The van der Waals surface area contributed by atoms with Crippen LogP contribution in [0.15, 0.2) is 18.2 Å². The van der Waals surface area contributed by atoms with Gasteiger partial charge < -0.3 is 29.2 Å². The van der Waals surface area contributed by atoms with Crippen molar-refractivity contribution in [3.05, 3.63) is 29.3 Å². The van der Waals surface area contributed by atoms with E-state index in [-0.39, 0.29) is 42.6 Å². The third-order valence-electron chi connectivity index (χ3n) is 5.53. The number of carbonyl (C=O) groups excluding carboxylic acids is 3. The molecule has 3 rings (SSSR count). The first kappa shape index (κ1) is 24.5. The summed E-state index contributed by atoms with van der Waals surface area (Å²) in [7, 11) is -1.36. The first-order valence-electron chi connectivity index (χ1n) is 11.1. The molecule has 1 aromatic rings. The lowest BCUT2D eigenvalue weighted by Gasteiger charge is -2.29. The number of benzene rings is 1. The topological polar surface area (TPSA) is 120 Å². The molecule has 1 saturated carbocycles. The van der Waals surface area contributed by atoms with Crippen molar-refractivity contribution in [1.82, 2.24) is 5.32 Å². The summed E-state index contributed by atoms with van der Waals surface area (Å²) >= 11 is 0. The van der Waals surface area contributed by atoms with Gasteiger partial charge in [0.25, 0.3) is 0 Å². The Morgan fingerprint density at radius 2 is 2.03 bits per heavy atom. The minimum Gasteiger partial charge on any atom is -0.534 e. The lowest BCUT2D eigenvalue weighted by molar-refractivity contribution is -0.121. The number of ether oxygens (including phenoxy) is 3. The van der Waals surface area contributed by atoms with Gasteiger partial charge in [0.15, 0.2) is 0 Å². The van der Waals surface area contributed by atoms with E-state index < -0.39 is 31.5 Å². The number of hydrogen-bond donors (Lipinski definition) is 2. The van der Waals surface area contributed by atoms with Crippen LogP contribution in [-0.4, -0.2) is 48.5 Å². The van der Waals surface area contributed by atoms with Gasteiger partial charge in [0.2, 0.25) is 12.2 Å². The number of hydrogen-bond acceptors (Lipinski definition) is 8. The highest BCUT2D eigenvalue weighted by Crippen LogP contribution is 2.31. The van der Waals surface area contributed by atoms with Crippen molar-refractivity contribution in [3.63, 3.8) is 0 Å². The molecule has 2 N–H and O–H groups in total. The number of fused-ring (bicyclic) bond motifs is 1. The zero-order valence-electron chi connectivity index (χ0n) is 18.6. The molecular formula is C23H28BNO8. The zero-order valence-corrected chi connectivity index (χ0v) is 18.6. The van der Waals surface area contributed by atoms with Crippen molar-refractivity contribution >= 4 is 25.2 Å². The van der Waals surface area contributed by atoms with Crippen LogP contribution in [0.4, 0.5) is 4.79 Å². The SMILES string of the molecule is C#CCCC(=O)N[C@H]1Cc2cccc(C(=O)OC(C)OC(=O)OC3CCCCC3)c2OB1O. The highest BCUT2D eigenvalue weighted by atomic mass is 16.8. The highest BCUT2D eigenvalue weighted by molar-refractivity contribution is 6.47. The fourth-order valence-corrected chi connectivity index (χ4v) is 3.89. The summed E-state index contributed by atoms with van der Waals surface area (Å²) in [6.07, 6.45) is 8.33. The number of rotatable bonds is 7. The van der Waals surface area contributed by atoms with Gasteiger partial charge >= 0.3 is 19.2 Å². The molecule has 2 atom stereocenters. The molecule has 1 aliphatic carbocycles. The number of para-hydroxylation sites is 1. The second-order valence-corrected chi connectivity index (χ2v) is 8.10. The fraction of sp³-hybridized carbons (Fsp3) is 0.522. The molecule has 1 aliphatic heterocycles. The minimum atomic E-state index is -1.36. The summed E-state index contributed by atoms with van der Waals surface area (Å²) in [6, 6.07) is 4.84. The smallest absolute Gasteiger partial charge is 0.534 e. The molecule has 0 bridgehead atoms. The van der Waals surface area contributed by atoms with Crippen molar-refractivity contribution in [2.45, 2.75) is 76.6 Å². The summed E-state index contributed by atoms with van der Waals surface area (Å²) in [5.74, 6) is 0.766. The first-order chi connectivity index (χ1) is 15.9. The van der Waals surface area contributed by atoms with Gasteiger partial charge in [0, 0.05) is 19.8 Å². The molecule has 9 nitrogen and oxygen atoms in total. The van der Waals surface area contributed by atoms with Crippen LogP contribution in [-0.2, 0) is 25.4 Å². The quantitative estimate of drug-likeness (QED) is 0.278. The van der Waals surface area contributed by atoms with Gasteiger partial charge in [0.05, 0.1) is 5.94 Å². The Balaban J connectivity index is 1.57. The average molecular weight is 457 g/mol. The number of amides is 1. The molecule has 10 heteroatoms. The summed E-state index contributed by atoms with van der Waals surface area (Å²) in [4.78, 5) is 36.6. The van der Waals surface area contributed by atoms with Crippen LogP contribution in [0.5, 0.6) is 5.75 Å².